The van der Waals surface area contributed by atoms with Crippen LogP contribution in [0.2, 0.25) is 0 Å². The van der Waals surface area contributed by atoms with Crippen LogP contribution in [0, 0.1) is 11.8 Å². The molecule has 0 spiro atoms. The fourth-order valence-corrected chi connectivity index (χ4v) is 5.68. The van der Waals surface area contributed by atoms with Gasteiger partial charge in [0.15, 0.2) is 0 Å². The number of aromatic nitrogens is 2. The Balaban J connectivity index is 1.34. The van der Waals surface area contributed by atoms with Gasteiger partial charge in [-0.3, -0.25) is 4.79 Å². The summed E-state index contributed by atoms with van der Waals surface area (Å²) in [5.41, 5.74) is 2.59. The molecule has 2 aromatic rings. The molecular weight excluding hydrogens is 394 g/mol. The summed E-state index contributed by atoms with van der Waals surface area (Å²) >= 11 is 0. The van der Waals surface area contributed by atoms with Gasteiger partial charge in [0.25, 0.3) is 5.91 Å². The molecule has 3 heterocycles. The maximum Gasteiger partial charge on any atom is 0.253 e. The van der Waals surface area contributed by atoms with E-state index in [9.17, 15) is 9.90 Å². The molecule has 0 unspecified atom stereocenters. The first-order chi connectivity index (χ1) is 14.9. The Morgan fingerprint density at radius 1 is 1.16 bits per heavy atom. The van der Waals surface area contributed by atoms with E-state index < -0.39 is 0 Å². The Morgan fingerprint density at radius 2 is 1.87 bits per heavy atom. The van der Waals surface area contributed by atoms with Crippen molar-refractivity contribution in [3.63, 3.8) is 0 Å². The average molecular weight is 428 g/mol. The van der Waals surface area contributed by atoms with Crippen LogP contribution < -0.4 is 4.90 Å². The van der Waals surface area contributed by atoms with Gasteiger partial charge in [-0.25, -0.2) is 4.98 Å². The van der Waals surface area contributed by atoms with Gasteiger partial charge in [-0.15, -0.1) is 0 Å². The van der Waals surface area contributed by atoms with Gasteiger partial charge in [-0.2, -0.15) is 0 Å². The summed E-state index contributed by atoms with van der Waals surface area (Å²) in [7, 11) is 6.08. The van der Waals surface area contributed by atoms with Crippen LogP contribution in [0.15, 0.2) is 18.2 Å². The van der Waals surface area contributed by atoms with E-state index in [0.717, 1.165) is 56.0 Å². The standard InChI is InChI=1S/C23H33N5O3/c1-25(2)20-11-16-13-28(14-17(16)12-21(20)29)22(30)15-4-5-19-18(10-15)24-23(26(19)3)27-6-8-31-9-7-27/h4-5,10,16-17,20-21,29H,6-9,11-14H2,1-3H3/t16-,17+,20-,21-/m1/s1. The second-order valence-corrected chi connectivity index (χ2v) is 9.57. The predicted molar refractivity (Wildman–Crippen MR) is 119 cm³/mol. The molecule has 1 amide bonds. The number of hydrogen-bond donors (Lipinski definition) is 1. The number of carbonyl (C=O) groups excluding carboxylic acids is 1. The van der Waals surface area contributed by atoms with Crippen LogP contribution >= 0.6 is 0 Å². The van der Waals surface area contributed by atoms with Gasteiger partial charge in [0.2, 0.25) is 5.95 Å². The summed E-state index contributed by atoms with van der Waals surface area (Å²) in [6.07, 6.45) is 1.42. The highest BCUT2D eigenvalue weighted by Gasteiger charge is 2.43. The molecule has 1 saturated carbocycles. The minimum absolute atomic E-state index is 0.0748. The van der Waals surface area contributed by atoms with Crippen LogP contribution in [-0.4, -0.2) is 96.0 Å². The van der Waals surface area contributed by atoms with Crippen molar-refractivity contribution in [3.05, 3.63) is 23.8 Å². The lowest BCUT2D eigenvalue weighted by Gasteiger charge is -2.38. The first-order valence-corrected chi connectivity index (χ1v) is 11.4. The molecule has 8 heteroatoms. The summed E-state index contributed by atoms with van der Waals surface area (Å²) in [5.74, 6) is 1.86. The third-order valence-electron chi connectivity index (χ3n) is 7.46. The number of fused-ring (bicyclic) bond motifs is 2. The number of anilines is 1. The quantitative estimate of drug-likeness (QED) is 0.793. The molecule has 0 bridgehead atoms. The molecule has 1 aromatic carbocycles. The number of ether oxygens (including phenoxy) is 1. The van der Waals surface area contributed by atoms with Gasteiger partial charge in [0.1, 0.15) is 0 Å². The number of imidazole rings is 1. The second-order valence-electron chi connectivity index (χ2n) is 9.57. The van der Waals surface area contributed by atoms with E-state index in [0.29, 0.717) is 30.6 Å². The molecule has 1 N–H and O–H groups in total. The average Bonchev–Trinajstić information content (AvgIpc) is 3.33. The maximum atomic E-state index is 13.3. The molecule has 3 fully saturated rings. The van der Waals surface area contributed by atoms with Crippen molar-refractivity contribution in [2.75, 3.05) is 58.4 Å². The minimum Gasteiger partial charge on any atom is -0.391 e. The van der Waals surface area contributed by atoms with E-state index in [1.165, 1.54) is 0 Å². The lowest BCUT2D eigenvalue weighted by molar-refractivity contribution is 0.00940. The van der Waals surface area contributed by atoms with Gasteiger partial charge in [0, 0.05) is 44.8 Å². The van der Waals surface area contributed by atoms with Crippen molar-refractivity contribution >= 4 is 22.9 Å². The van der Waals surface area contributed by atoms with Crippen molar-refractivity contribution < 1.29 is 14.6 Å². The van der Waals surface area contributed by atoms with Crippen LogP contribution in [0.25, 0.3) is 11.0 Å². The molecule has 31 heavy (non-hydrogen) atoms. The van der Waals surface area contributed by atoms with Crippen LogP contribution in [0.4, 0.5) is 5.95 Å². The van der Waals surface area contributed by atoms with Crippen LogP contribution in [0.5, 0.6) is 0 Å². The van der Waals surface area contributed by atoms with Crippen LogP contribution in [0.3, 0.4) is 0 Å². The maximum absolute atomic E-state index is 13.3. The monoisotopic (exact) mass is 427 g/mol. The smallest absolute Gasteiger partial charge is 0.253 e. The highest BCUT2D eigenvalue weighted by molar-refractivity contribution is 5.98. The second kappa shape index (κ2) is 8.07. The van der Waals surface area contributed by atoms with E-state index in [4.69, 9.17) is 9.72 Å². The van der Waals surface area contributed by atoms with Gasteiger partial charge in [-0.05, 0) is 57.0 Å². The van der Waals surface area contributed by atoms with Gasteiger partial charge < -0.3 is 29.1 Å². The number of likely N-dealkylation sites (tertiary alicyclic amines) is 1. The number of amides is 1. The fraction of sp³-hybridized carbons (Fsp3) is 0.652. The van der Waals surface area contributed by atoms with Crippen molar-refractivity contribution in [1.29, 1.82) is 0 Å². The zero-order valence-corrected chi connectivity index (χ0v) is 18.7. The molecular formula is C23H33N5O3. The number of aliphatic hydroxyl groups excluding tert-OH is 1. The lowest BCUT2D eigenvalue weighted by Crippen LogP contribution is -2.46. The Labute approximate surface area is 183 Å². The van der Waals surface area contributed by atoms with Gasteiger partial charge in [0.05, 0.1) is 30.4 Å². The van der Waals surface area contributed by atoms with E-state index >= 15 is 0 Å². The number of morpholine rings is 1. The third-order valence-corrected chi connectivity index (χ3v) is 7.46. The van der Waals surface area contributed by atoms with Crippen molar-refractivity contribution in [3.8, 4) is 0 Å². The lowest BCUT2D eigenvalue weighted by atomic mass is 9.77. The highest BCUT2D eigenvalue weighted by atomic mass is 16.5. The SMILES string of the molecule is CN(C)[C@@H]1C[C@@H]2CN(C(=O)c3ccc4c(c3)nc(N3CCOCC3)n4C)C[C@@H]2C[C@H]1O. The third kappa shape index (κ3) is 3.70. The number of aliphatic hydroxyl groups is 1. The Kier molecular flexibility index (Phi) is 5.40. The van der Waals surface area contributed by atoms with E-state index in [1.807, 2.05) is 44.2 Å². The largest absolute Gasteiger partial charge is 0.391 e. The highest BCUT2D eigenvalue weighted by Crippen LogP contribution is 2.38. The van der Waals surface area contributed by atoms with E-state index in [-0.39, 0.29) is 18.1 Å². The molecule has 1 aromatic heterocycles. The normalized spacial score (nSPS) is 29.1. The summed E-state index contributed by atoms with van der Waals surface area (Å²) in [4.78, 5) is 24.5. The molecule has 2 saturated heterocycles. The molecule has 2 aliphatic heterocycles. The number of hydrogen-bond acceptors (Lipinski definition) is 6. The van der Waals surface area contributed by atoms with Crippen molar-refractivity contribution in [1.82, 2.24) is 19.4 Å². The number of likely N-dealkylation sites (N-methyl/N-ethyl adjacent to an activating group) is 1. The summed E-state index contributed by atoms with van der Waals surface area (Å²) < 4.78 is 7.56. The number of rotatable bonds is 3. The predicted octanol–water partition coefficient (Wildman–Crippen LogP) is 1.18. The Morgan fingerprint density at radius 3 is 2.58 bits per heavy atom. The molecule has 1 aliphatic carbocycles. The molecule has 3 aliphatic rings. The van der Waals surface area contributed by atoms with Crippen molar-refractivity contribution in [2.24, 2.45) is 18.9 Å². The topological polar surface area (TPSA) is 74.1 Å². The first kappa shape index (κ1) is 20.7. The summed E-state index contributed by atoms with van der Waals surface area (Å²) in [5, 5.41) is 10.5. The van der Waals surface area contributed by atoms with Gasteiger partial charge in [-0.1, -0.05) is 0 Å². The fourth-order valence-electron chi connectivity index (χ4n) is 5.68. The molecule has 8 nitrogen and oxygen atoms in total. The van der Waals surface area contributed by atoms with E-state index in [1.54, 1.807) is 0 Å². The minimum atomic E-state index is -0.310. The number of benzene rings is 1. The first-order valence-electron chi connectivity index (χ1n) is 11.4. The van der Waals surface area contributed by atoms with Crippen molar-refractivity contribution in [2.45, 2.75) is 25.0 Å². The zero-order chi connectivity index (χ0) is 21.7. The number of aryl methyl sites for hydroxylation is 1. The molecule has 0 radical (unpaired) electrons. The number of nitrogens with zero attached hydrogens (tertiary/aromatic N) is 5. The summed E-state index contributed by atoms with van der Waals surface area (Å²) in [6.45, 7) is 4.61. The van der Waals surface area contributed by atoms with Gasteiger partial charge >= 0.3 is 0 Å². The van der Waals surface area contributed by atoms with E-state index in [2.05, 4.69) is 14.4 Å². The molecule has 5 rings (SSSR count). The van der Waals surface area contributed by atoms with Crippen LogP contribution in [-0.2, 0) is 11.8 Å². The zero-order valence-electron chi connectivity index (χ0n) is 18.7. The molecule has 4 atom stereocenters. The Bertz CT molecular complexity index is 968. The summed E-state index contributed by atoms with van der Waals surface area (Å²) in [6, 6.07) is 6.05. The Hall–Kier alpha value is -2.16. The molecule has 168 valence electrons. The number of carbonyl (C=O) groups is 1. The van der Waals surface area contributed by atoms with Crippen LogP contribution in [0.1, 0.15) is 23.2 Å².